The van der Waals surface area contributed by atoms with E-state index in [4.69, 9.17) is 4.74 Å². The van der Waals surface area contributed by atoms with Crippen molar-refractivity contribution in [3.8, 4) is 11.6 Å². The number of aromatic nitrogens is 4. The van der Waals surface area contributed by atoms with Gasteiger partial charge in [0.05, 0.1) is 11.4 Å². The van der Waals surface area contributed by atoms with Crippen molar-refractivity contribution >= 4 is 11.7 Å². The first-order chi connectivity index (χ1) is 12.8. The normalized spacial score (nSPS) is 14.5. The summed E-state index contributed by atoms with van der Waals surface area (Å²) in [6, 6.07) is 11.0. The molecule has 1 aliphatic heterocycles. The Hall–Kier alpha value is -3.22. The number of rotatable bonds is 3. The average molecular weight is 363 g/mol. The van der Waals surface area contributed by atoms with Crippen LogP contribution >= 0.6 is 0 Å². The highest BCUT2D eigenvalue weighted by Crippen LogP contribution is 2.35. The molecule has 2 aromatic heterocycles. The fourth-order valence-electron chi connectivity index (χ4n) is 3.19. The summed E-state index contributed by atoms with van der Waals surface area (Å²) >= 11 is 0. The van der Waals surface area contributed by atoms with E-state index >= 15 is 0 Å². The number of aryl methyl sites for hydroxylation is 2. The number of carbonyl (C=O) groups excluding carboxylic acids is 1. The Balaban J connectivity index is 1.60. The molecule has 7 heteroatoms. The number of nitrogens with zero attached hydrogens (tertiary/aromatic N) is 4. The minimum atomic E-state index is -0.239. The van der Waals surface area contributed by atoms with Crippen LogP contribution in [0.25, 0.3) is 5.82 Å². The molecule has 0 saturated carbocycles. The summed E-state index contributed by atoms with van der Waals surface area (Å²) in [5.41, 5.74) is 3.00. The summed E-state index contributed by atoms with van der Waals surface area (Å²) < 4.78 is 7.50. The van der Waals surface area contributed by atoms with Crippen LogP contribution in [-0.4, -0.2) is 31.5 Å². The largest absolute Gasteiger partial charge is 0.487 e. The fraction of sp³-hybridized carbons (Fsp3) is 0.300. The first-order valence-electron chi connectivity index (χ1n) is 8.81. The van der Waals surface area contributed by atoms with Crippen LogP contribution < -0.4 is 10.1 Å². The van der Waals surface area contributed by atoms with Gasteiger partial charge in [-0.1, -0.05) is 6.07 Å². The van der Waals surface area contributed by atoms with E-state index in [1.807, 2.05) is 52.0 Å². The molecule has 1 aromatic carbocycles. The highest BCUT2D eigenvalue weighted by molar-refractivity contribution is 6.04. The van der Waals surface area contributed by atoms with Crippen molar-refractivity contribution < 1.29 is 9.53 Å². The highest BCUT2D eigenvalue weighted by Gasteiger charge is 2.30. The molecule has 4 rings (SSSR count). The van der Waals surface area contributed by atoms with E-state index in [1.165, 1.54) is 0 Å². The van der Waals surface area contributed by atoms with Crippen LogP contribution in [0.5, 0.6) is 5.75 Å². The van der Waals surface area contributed by atoms with Crippen molar-refractivity contribution in [2.75, 3.05) is 5.32 Å². The van der Waals surface area contributed by atoms with Gasteiger partial charge < -0.3 is 10.1 Å². The first kappa shape index (κ1) is 17.2. The van der Waals surface area contributed by atoms with E-state index in [9.17, 15) is 4.79 Å². The number of hydrogen-bond donors (Lipinski definition) is 1. The van der Waals surface area contributed by atoms with E-state index in [1.54, 1.807) is 16.8 Å². The summed E-state index contributed by atoms with van der Waals surface area (Å²) in [6.45, 7) is 7.80. The SMILES string of the molecule is Cc1ccc(-n2nc(C)cc2NC(=O)c2ccc3c(c2)OC(C)(C)C3)nn1. The Morgan fingerprint density at radius 1 is 1.11 bits per heavy atom. The van der Waals surface area contributed by atoms with Gasteiger partial charge in [-0.25, -0.2) is 0 Å². The summed E-state index contributed by atoms with van der Waals surface area (Å²) in [4.78, 5) is 12.8. The van der Waals surface area contributed by atoms with Gasteiger partial charge in [0.15, 0.2) is 5.82 Å². The van der Waals surface area contributed by atoms with Crippen LogP contribution in [0, 0.1) is 13.8 Å². The minimum Gasteiger partial charge on any atom is -0.487 e. The maximum atomic E-state index is 12.8. The molecule has 7 nitrogen and oxygen atoms in total. The van der Waals surface area contributed by atoms with Crippen LogP contribution in [0.1, 0.15) is 41.2 Å². The molecule has 0 unspecified atom stereocenters. The summed E-state index contributed by atoms with van der Waals surface area (Å²) in [5, 5.41) is 15.5. The van der Waals surface area contributed by atoms with Crippen LogP contribution in [0.3, 0.4) is 0 Å². The van der Waals surface area contributed by atoms with Gasteiger partial charge in [0.25, 0.3) is 5.91 Å². The second-order valence-corrected chi connectivity index (χ2v) is 7.43. The number of hydrogen-bond acceptors (Lipinski definition) is 5. The van der Waals surface area contributed by atoms with Crippen molar-refractivity contribution in [3.05, 3.63) is 58.9 Å². The lowest BCUT2D eigenvalue weighted by atomic mass is 10.0. The van der Waals surface area contributed by atoms with E-state index in [0.717, 1.165) is 29.1 Å². The maximum absolute atomic E-state index is 12.8. The lowest BCUT2D eigenvalue weighted by Crippen LogP contribution is -2.24. The number of amides is 1. The van der Waals surface area contributed by atoms with Gasteiger partial charge in [0, 0.05) is 18.1 Å². The van der Waals surface area contributed by atoms with Crippen molar-refractivity contribution in [2.24, 2.45) is 0 Å². The lowest BCUT2D eigenvalue weighted by molar-refractivity contribution is 0.102. The molecule has 3 heterocycles. The molecule has 0 saturated heterocycles. The molecule has 0 atom stereocenters. The van der Waals surface area contributed by atoms with Crippen molar-refractivity contribution in [1.82, 2.24) is 20.0 Å². The molecule has 0 fully saturated rings. The molecule has 0 aliphatic carbocycles. The van der Waals surface area contributed by atoms with Crippen LogP contribution in [0.15, 0.2) is 36.4 Å². The van der Waals surface area contributed by atoms with E-state index < -0.39 is 0 Å². The first-order valence-corrected chi connectivity index (χ1v) is 8.81. The minimum absolute atomic E-state index is 0.229. The monoisotopic (exact) mass is 363 g/mol. The maximum Gasteiger partial charge on any atom is 0.256 e. The Labute approximate surface area is 157 Å². The van der Waals surface area contributed by atoms with Gasteiger partial charge in [-0.3, -0.25) is 4.79 Å². The number of fused-ring (bicyclic) bond motifs is 1. The fourth-order valence-corrected chi connectivity index (χ4v) is 3.19. The highest BCUT2D eigenvalue weighted by atomic mass is 16.5. The quantitative estimate of drug-likeness (QED) is 0.772. The van der Waals surface area contributed by atoms with Gasteiger partial charge >= 0.3 is 0 Å². The van der Waals surface area contributed by atoms with Crippen LogP contribution in [0.4, 0.5) is 5.82 Å². The standard InChI is InChI=1S/C20H21N5O2/c1-12-5-8-17(23-22-12)25-18(9-13(2)24-25)21-19(26)14-6-7-15-11-20(3,4)27-16(15)10-14/h5-10H,11H2,1-4H3,(H,21,26). The zero-order chi connectivity index (χ0) is 19.2. The Morgan fingerprint density at radius 3 is 2.67 bits per heavy atom. The number of benzene rings is 1. The second kappa shape index (κ2) is 6.19. The molecule has 1 amide bonds. The molecular formula is C20H21N5O2. The molecule has 1 N–H and O–H groups in total. The number of carbonyl (C=O) groups is 1. The lowest BCUT2D eigenvalue weighted by Gasteiger charge is -2.16. The smallest absolute Gasteiger partial charge is 0.256 e. The number of nitrogens with one attached hydrogen (secondary N) is 1. The van der Waals surface area contributed by atoms with E-state index in [-0.39, 0.29) is 11.5 Å². The molecule has 0 bridgehead atoms. The van der Waals surface area contributed by atoms with Crippen molar-refractivity contribution in [1.29, 1.82) is 0 Å². The van der Waals surface area contributed by atoms with Gasteiger partial charge in [-0.15, -0.1) is 5.10 Å². The third-order valence-corrected chi connectivity index (χ3v) is 4.41. The molecule has 138 valence electrons. The van der Waals surface area contributed by atoms with Crippen molar-refractivity contribution in [2.45, 2.75) is 39.7 Å². The molecule has 0 radical (unpaired) electrons. The van der Waals surface area contributed by atoms with E-state index in [0.29, 0.717) is 17.2 Å². The van der Waals surface area contributed by atoms with Crippen molar-refractivity contribution in [3.63, 3.8) is 0 Å². The van der Waals surface area contributed by atoms with Crippen LogP contribution in [0.2, 0.25) is 0 Å². The molecule has 3 aromatic rings. The van der Waals surface area contributed by atoms with E-state index in [2.05, 4.69) is 20.6 Å². The summed E-state index contributed by atoms with van der Waals surface area (Å²) in [5.74, 6) is 1.62. The second-order valence-electron chi connectivity index (χ2n) is 7.43. The average Bonchev–Trinajstić information content (AvgIpc) is 3.12. The van der Waals surface area contributed by atoms with Gasteiger partial charge in [0.2, 0.25) is 0 Å². The molecule has 27 heavy (non-hydrogen) atoms. The topological polar surface area (TPSA) is 81.9 Å². The predicted octanol–water partition coefficient (Wildman–Crippen LogP) is 3.24. The predicted molar refractivity (Wildman–Crippen MR) is 101 cm³/mol. The zero-order valence-electron chi connectivity index (χ0n) is 15.8. The Bertz CT molecular complexity index is 1020. The van der Waals surface area contributed by atoms with Crippen LogP contribution in [-0.2, 0) is 6.42 Å². The zero-order valence-corrected chi connectivity index (χ0v) is 15.8. The third-order valence-electron chi connectivity index (χ3n) is 4.41. The Kier molecular flexibility index (Phi) is 3.95. The summed E-state index contributed by atoms with van der Waals surface area (Å²) in [6.07, 6.45) is 0.836. The molecule has 1 aliphatic rings. The van der Waals surface area contributed by atoms with Gasteiger partial charge in [-0.2, -0.15) is 14.9 Å². The molecule has 0 spiro atoms. The third kappa shape index (κ3) is 3.40. The molecular weight excluding hydrogens is 342 g/mol. The van der Waals surface area contributed by atoms with Gasteiger partial charge in [-0.05, 0) is 57.5 Å². The Morgan fingerprint density at radius 2 is 1.93 bits per heavy atom. The summed E-state index contributed by atoms with van der Waals surface area (Å²) in [7, 11) is 0. The number of anilines is 1. The van der Waals surface area contributed by atoms with Gasteiger partial charge in [0.1, 0.15) is 17.2 Å². The number of ether oxygens (including phenoxy) is 1.